The summed E-state index contributed by atoms with van der Waals surface area (Å²) < 4.78 is 5.23. The van der Waals surface area contributed by atoms with Crippen LogP contribution in [0.3, 0.4) is 0 Å². The molecule has 5 heterocycles. The zero-order valence-corrected chi connectivity index (χ0v) is 21.8. The third-order valence-electron chi connectivity index (χ3n) is 7.28. The lowest BCUT2D eigenvalue weighted by atomic mass is 9.97. The van der Waals surface area contributed by atoms with E-state index in [9.17, 15) is 4.79 Å². The van der Waals surface area contributed by atoms with Crippen LogP contribution in [0.2, 0.25) is 0 Å². The molecule has 0 spiro atoms. The van der Waals surface area contributed by atoms with Crippen molar-refractivity contribution in [2.45, 2.75) is 33.7 Å². The largest absolute Gasteiger partial charge is 0.366 e. The fourth-order valence-corrected chi connectivity index (χ4v) is 5.33. The third kappa shape index (κ3) is 4.00. The van der Waals surface area contributed by atoms with Crippen molar-refractivity contribution in [3.63, 3.8) is 0 Å². The van der Waals surface area contributed by atoms with E-state index in [1.54, 1.807) is 20.2 Å². The van der Waals surface area contributed by atoms with Crippen molar-refractivity contribution in [3.05, 3.63) is 65.2 Å². The molecule has 1 aliphatic heterocycles. The topological polar surface area (TPSA) is 129 Å². The molecule has 1 unspecified atom stereocenters. The molecule has 1 saturated heterocycles. The quantitative estimate of drug-likeness (QED) is 0.360. The highest BCUT2D eigenvalue weighted by Gasteiger charge is 2.29. The minimum absolute atomic E-state index is 0.0321. The Morgan fingerprint density at radius 2 is 1.92 bits per heavy atom. The van der Waals surface area contributed by atoms with Gasteiger partial charge in [0.25, 0.3) is 5.91 Å². The second-order valence-electron chi connectivity index (χ2n) is 9.70. The number of H-pyrrole nitrogens is 1. The van der Waals surface area contributed by atoms with Crippen LogP contribution in [0.25, 0.3) is 22.1 Å². The van der Waals surface area contributed by atoms with Crippen molar-refractivity contribution >= 4 is 39.5 Å². The summed E-state index contributed by atoms with van der Waals surface area (Å²) in [5.41, 5.74) is 6.87. The highest BCUT2D eigenvalue weighted by Crippen LogP contribution is 2.37. The minimum atomic E-state index is -0.0847. The summed E-state index contributed by atoms with van der Waals surface area (Å²) in [6.07, 6.45) is 4.97. The van der Waals surface area contributed by atoms with Gasteiger partial charge in [-0.15, -0.1) is 0 Å². The molecule has 38 heavy (non-hydrogen) atoms. The summed E-state index contributed by atoms with van der Waals surface area (Å²) in [6.45, 7) is 10.4. The maximum Gasteiger partial charge on any atom is 0.259 e. The molecule has 1 aliphatic rings. The number of benzene rings is 1. The highest BCUT2D eigenvalue weighted by atomic mass is 16.5. The zero-order chi connectivity index (χ0) is 26.4. The molecule has 0 aliphatic carbocycles. The second kappa shape index (κ2) is 9.40. The summed E-state index contributed by atoms with van der Waals surface area (Å²) in [5.74, 6) is 1.22. The number of fused-ring (bicyclic) bond motifs is 2. The summed E-state index contributed by atoms with van der Waals surface area (Å²) >= 11 is 0. The van der Waals surface area contributed by atoms with Crippen LogP contribution in [0.5, 0.6) is 0 Å². The van der Waals surface area contributed by atoms with E-state index in [4.69, 9.17) is 9.51 Å². The fourth-order valence-electron chi connectivity index (χ4n) is 5.33. The molecule has 1 fully saturated rings. The molecule has 11 heteroatoms. The number of rotatable bonds is 5. The van der Waals surface area contributed by atoms with Crippen molar-refractivity contribution < 1.29 is 9.32 Å². The number of hydrogen-bond donors (Lipinski definition) is 2. The number of carbonyl (C=O) groups is 1. The maximum atomic E-state index is 13.2. The Morgan fingerprint density at radius 3 is 2.68 bits per heavy atom. The Labute approximate surface area is 219 Å². The number of anilines is 2. The zero-order valence-electron chi connectivity index (χ0n) is 21.8. The van der Waals surface area contributed by atoms with E-state index in [1.807, 2.05) is 17.2 Å². The van der Waals surface area contributed by atoms with E-state index < -0.39 is 0 Å². The predicted molar refractivity (Wildman–Crippen MR) is 144 cm³/mol. The van der Waals surface area contributed by atoms with Crippen LogP contribution in [0.15, 0.2) is 41.6 Å². The SMILES string of the molecule is Cc1noc(C)c1C(=O)N1CCN(c2c(C(C)Nc3ncnc4nc[nH]c34)cc(C)c3cccnc23)CC1. The van der Waals surface area contributed by atoms with Gasteiger partial charge in [0.15, 0.2) is 11.5 Å². The van der Waals surface area contributed by atoms with Crippen molar-refractivity contribution in [3.8, 4) is 0 Å². The van der Waals surface area contributed by atoms with Gasteiger partial charge in [-0.3, -0.25) is 9.78 Å². The molecular weight excluding hydrogens is 482 g/mol. The monoisotopic (exact) mass is 511 g/mol. The van der Waals surface area contributed by atoms with Crippen molar-refractivity contribution in [1.29, 1.82) is 0 Å². The Balaban J connectivity index is 1.33. The van der Waals surface area contributed by atoms with Gasteiger partial charge in [-0.2, -0.15) is 0 Å². The van der Waals surface area contributed by atoms with Gasteiger partial charge in [-0.1, -0.05) is 17.3 Å². The number of imidazole rings is 1. The van der Waals surface area contributed by atoms with E-state index >= 15 is 0 Å². The maximum absolute atomic E-state index is 13.2. The molecule has 1 atom stereocenters. The fraction of sp³-hybridized carbons (Fsp3) is 0.333. The number of nitrogens with one attached hydrogen (secondary N) is 2. The standard InChI is InChI=1S/C27H29N9O2/c1-15-12-20(16(2)33-26-23-25(30-13-29-23)31-14-32-26)24(22-19(15)6-5-7-28-22)35-8-10-36(11-9-35)27(37)21-17(3)34-38-18(21)4/h5-7,12-14,16H,8-11H2,1-4H3,(H2,29,30,31,32,33). The molecule has 194 valence electrons. The van der Waals surface area contributed by atoms with Crippen LogP contribution in [0.4, 0.5) is 11.5 Å². The van der Waals surface area contributed by atoms with E-state index in [2.05, 4.69) is 61.3 Å². The van der Waals surface area contributed by atoms with Crippen LogP contribution in [-0.4, -0.2) is 67.1 Å². The van der Waals surface area contributed by atoms with E-state index in [1.165, 1.54) is 6.33 Å². The van der Waals surface area contributed by atoms with Gasteiger partial charge in [0.05, 0.1) is 29.3 Å². The summed E-state index contributed by atoms with van der Waals surface area (Å²) in [7, 11) is 0. The first-order chi connectivity index (χ1) is 18.4. The van der Waals surface area contributed by atoms with Gasteiger partial charge in [-0.25, -0.2) is 15.0 Å². The molecule has 0 radical (unpaired) electrons. The number of carbonyl (C=O) groups excluding carboxylic acids is 1. The molecule has 4 aromatic heterocycles. The third-order valence-corrected chi connectivity index (χ3v) is 7.28. The molecular formula is C27H29N9O2. The normalized spacial score (nSPS) is 14.8. The van der Waals surface area contributed by atoms with Crippen molar-refractivity contribution in [2.75, 3.05) is 36.4 Å². The predicted octanol–water partition coefficient (Wildman–Crippen LogP) is 3.95. The molecule has 5 aromatic rings. The highest BCUT2D eigenvalue weighted by molar-refractivity contribution is 5.97. The average molecular weight is 512 g/mol. The second-order valence-corrected chi connectivity index (χ2v) is 9.70. The van der Waals surface area contributed by atoms with Gasteiger partial charge in [-0.05, 0) is 44.9 Å². The van der Waals surface area contributed by atoms with Crippen molar-refractivity contribution in [2.24, 2.45) is 0 Å². The number of nitrogens with zero attached hydrogens (tertiary/aromatic N) is 7. The molecule has 0 bridgehead atoms. The Hall–Kier alpha value is -4.54. The lowest BCUT2D eigenvalue weighted by molar-refractivity contribution is 0.0744. The average Bonchev–Trinajstić information content (AvgIpc) is 3.55. The summed E-state index contributed by atoms with van der Waals surface area (Å²) in [5, 5.41) is 8.63. The van der Waals surface area contributed by atoms with Gasteiger partial charge < -0.3 is 24.6 Å². The molecule has 6 rings (SSSR count). The Bertz CT molecular complexity index is 1630. The number of amides is 1. The lowest BCUT2D eigenvalue weighted by Crippen LogP contribution is -2.49. The molecule has 1 aromatic carbocycles. The van der Waals surface area contributed by atoms with Crippen LogP contribution in [-0.2, 0) is 0 Å². The minimum Gasteiger partial charge on any atom is -0.366 e. The van der Waals surface area contributed by atoms with E-state index in [-0.39, 0.29) is 11.9 Å². The van der Waals surface area contributed by atoms with Crippen LogP contribution >= 0.6 is 0 Å². The smallest absolute Gasteiger partial charge is 0.259 e. The molecule has 11 nitrogen and oxygen atoms in total. The number of aryl methyl sites for hydroxylation is 3. The van der Waals surface area contributed by atoms with Gasteiger partial charge >= 0.3 is 0 Å². The molecule has 0 saturated carbocycles. The number of pyridine rings is 1. The van der Waals surface area contributed by atoms with E-state index in [0.717, 1.165) is 33.2 Å². The van der Waals surface area contributed by atoms with Crippen LogP contribution in [0, 0.1) is 20.8 Å². The first-order valence-corrected chi connectivity index (χ1v) is 12.7. The molecule has 1 amide bonds. The number of aromatic nitrogens is 6. The van der Waals surface area contributed by atoms with E-state index in [0.29, 0.717) is 54.7 Å². The molecule has 2 N–H and O–H groups in total. The first kappa shape index (κ1) is 23.8. The Morgan fingerprint density at radius 1 is 1.11 bits per heavy atom. The number of hydrogen-bond acceptors (Lipinski definition) is 9. The summed E-state index contributed by atoms with van der Waals surface area (Å²) in [4.78, 5) is 38.3. The van der Waals surface area contributed by atoms with Crippen LogP contribution < -0.4 is 10.2 Å². The van der Waals surface area contributed by atoms with Gasteiger partial charge in [0.1, 0.15) is 23.2 Å². The number of piperazine rings is 1. The first-order valence-electron chi connectivity index (χ1n) is 12.7. The van der Waals surface area contributed by atoms with Crippen molar-refractivity contribution in [1.82, 2.24) is 35.0 Å². The van der Waals surface area contributed by atoms with Gasteiger partial charge in [0.2, 0.25) is 0 Å². The van der Waals surface area contributed by atoms with Crippen LogP contribution in [0.1, 0.15) is 45.9 Å². The van der Waals surface area contributed by atoms with Gasteiger partial charge in [0, 0.05) is 37.8 Å². The number of aromatic amines is 1. The Kier molecular flexibility index (Phi) is 5.90. The summed E-state index contributed by atoms with van der Waals surface area (Å²) in [6, 6.07) is 6.22. The lowest BCUT2D eigenvalue weighted by Gasteiger charge is -2.38.